The number of nitrogens with two attached hydrogens (primary N) is 1. The molecule has 0 aliphatic rings. The normalized spacial score (nSPS) is 12.4. The SMILES string of the molecule is NC(Cc1ccc(Cl)cc1)c1ccc(Br)c(F)c1. The van der Waals surface area contributed by atoms with E-state index in [1.165, 1.54) is 6.07 Å². The zero-order chi connectivity index (χ0) is 13.1. The molecule has 0 saturated carbocycles. The molecule has 2 aromatic rings. The highest BCUT2D eigenvalue weighted by Gasteiger charge is 2.09. The summed E-state index contributed by atoms with van der Waals surface area (Å²) in [4.78, 5) is 0. The molecule has 0 aliphatic heterocycles. The second kappa shape index (κ2) is 5.83. The van der Waals surface area contributed by atoms with Gasteiger partial charge in [0.2, 0.25) is 0 Å². The first-order valence-corrected chi connectivity index (χ1v) is 6.68. The summed E-state index contributed by atoms with van der Waals surface area (Å²) in [5.41, 5.74) is 7.93. The van der Waals surface area contributed by atoms with E-state index in [0.717, 1.165) is 11.1 Å². The lowest BCUT2D eigenvalue weighted by Crippen LogP contribution is -2.13. The van der Waals surface area contributed by atoms with Crippen LogP contribution in [0, 0.1) is 5.82 Å². The van der Waals surface area contributed by atoms with Crippen molar-refractivity contribution in [2.75, 3.05) is 0 Å². The van der Waals surface area contributed by atoms with Gasteiger partial charge < -0.3 is 5.73 Å². The summed E-state index contributed by atoms with van der Waals surface area (Å²) in [6, 6.07) is 12.2. The van der Waals surface area contributed by atoms with Gasteiger partial charge in [-0.3, -0.25) is 0 Å². The molecule has 0 aromatic heterocycles. The molecule has 1 unspecified atom stereocenters. The molecule has 0 aliphatic carbocycles. The van der Waals surface area contributed by atoms with Gasteiger partial charge in [0.15, 0.2) is 0 Å². The van der Waals surface area contributed by atoms with Gasteiger partial charge in [-0.15, -0.1) is 0 Å². The van der Waals surface area contributed by atoms with Crippen LogP contribution in [0.2, 0.25) is 5.02 Å². The van der Waals surface area contributed by atoms with Crippen molar-refractivity contribution in [2.24, 2.45) is 5.73 Å². The van der Waals surface area contributed by atoms with Gasteiger partial charge in [-0.1, -0.05) is 29.8 Å². The molecule has 0 saturated heterocycles. The summed E-state index contributed by atoms with van der Waals surface area (Å²) in [7, 11) is 0. The minimum atomic E-state index is -0.293. The van der Waals surface area contributed by atoms with Crippen molar-refractivity contribution in [1.29, 1.82) is 0 Å². The summed E-state index contributed by atoms with van der Waals surface area (Å²) in [5.74, 6) is -0.293. The number of halogens is 3. The molecule has 0 bridgehead atoms. The van der Waals surface area contributed by atoms with Gasteiger partial charge in [0.25, 0.3) is 0 Å². The van der Waals surface area contributed by atoms with Crippen LogP contribution in [0.1, 0.15) is 17.2 Å². The Labute approximate surface area is 119 Å². The Morgan fingerprint density at radius 3 is 2.44 bits per heavy atom. The van der Waals surface area contributed by atoms with E-state index in [-0.39, 0.29) is 11.9 Å². The van der Waals surface area contributed by atoms with Gasteiger partial charge >= 0.3 is 0 Å². The zero-order valence-electron chi connectivity index (χ0n) is 9.54. The fourth-order valence-electron chi connectivity index (χ4n) is 1.74. The Morgan fingerprint density at radius 1 is 1.17 bits per heavy atom. The van der Waals surface area contributed by atoms with Crippen LogP contribution >= 0.6 is 27.5 Å². The van der Waals surface area contributed by atoms with Crippen LogP contribution in [0.25, 0.3) is 0 Å². The Balaban J connectivity index is 2.13. The summed E-state index contributed by atoms with van der Waals surface area (Å²) in [6.45, 7) is 0. The van der Waals surface area contributed by atoms with Crippen LogP contribution in [0.4, 0.5) is 4.39 Å². The average Bonchev–Trinajstić information content (AvgIpc) is 2.35. The Hall–Kier alpha value is -0.900. The van der Waals surface area contributed by atoms with Crippen LogP contribution in [0.15, 0.2) is 46.9 Å². The monoisotopic (exact) mass is 327 g/mol. The standard InChI is InChI=1S/C14H12BrClFN/c15-12-6-3-10(8-13(12)17)14(18)7-9-1-4-11(16)5-2-9/h1-6,8,14H,7,18H2. The van der Waals surface area contributed by atoms with Crippen molar-refractivity contribution in [3.05, 3.63) is 68.9 Å². The molecule has 2 rings (SSSR count). The Morgan fingerprint density at radius 2 is 1.83 bits per heavy atom. The third-order valence-electron chi connectivity index (χ3n) is 2.74. The average molecular weight is 329 g/mol. The van der Waals surface area contributed by atoms with Gasteiger partial charge in [-0.05, 0) is 57.7 Å². The maximum Gasteiger partial charge on any atom is 0.137 e. The minimum absolute atomic E-state index is 0.228. The fraction of sp³-hybridized carbons (Fsp3) is 0.143. The Bertz CT molecular complexity index is 542. The van der Waals surface area contributed by atoms with Crippen LogP contribution in [-0.2, 0) is 6.42 Å². The molecular weight excluding hydrogens is 317 g/mol. The minimum Gasteiger partial charge on any atom is -0.324 e. The van der Waals surface area contributed by atoms with Crippen LogP contribution in [0.5, 0.6) is 0 Å². The lowest BCUT2D eigenvalue weighted by molar-refractivity contribution is 0.612. The van der Waals surface area contributed by atoms with Crippen molar-refractivity contribution in [3.8, 4) is 0 Å². The third-order valence-corrected chi connectivity index (χ3v) is 3.64. The van der Waals surface area contributed by atoms with E-state index in [1.807, 2.05) is 30.3 Å². The second-order valence-electron chi connectivity index (χ2n) is 4.11. The number of hydrogen-bond donors (Lipinski definition) is 1. The molecule has 0 fully saturated rings. The molecule has 4 heteroatoms. The maximum absolute atomic E-state index is 13.4. The largest absolute Gasteiger partial charge is 0.324 e. The highest BCUT2D eigenvalue weighted by molar-refractivity contribution is 9.10. The predicted molar refractivity (Wildman–Crippen MR) is 76.2 cm³/mol. The van der Waals surface area contributed by atoms with Gasteiger partial charge in [0.05, 0.1) is 4.47 Å². The molecular formula is C14H12BrClFN. The molecule has 0 heterocycles. The lowest BCUT2D eigenvalue weighted by atomic mass is 10.00. The van der Waals surface area contributed by atoms with Gasteiger partial charge in [-0.25, -0.2) is 4.39 Å². The molecule has 1 nitrogen and oxygen atoms in total. The van der Waals surface area contributed by atoms with Crippen LogP contribution in [0.3, 0.4) is 0 Å². The number of rotatable bonds is 3. The summed E-state index contributed by atoms with van der Waals surface area (Å²) >= 11 is 8.94. The zero-order valence-corrected chi connectivity index (χ0v) is 11.9. The first-order valence-electron chi connectivity index (χ1n) is 5.51. The topological polar surface area (TPSA) is 26.0 Å². The fourth-order valence-corrected chi connectivity index (χ4v) is 2.11. The van der Waals surface area contributed by atoms with Crippen molar-refractivity contribution < 1.29 is 4.39 Å². The highest BCUT2D eigenvalue weighted by atomic mass is 79.9. The van der Waals surface area contributed by atoms with E-state index in [4.69, 9.17) is 17.3 Å². The smallest absolute Gasteiger partial charge is 0.137 e. The highest BCUT2D eigenvalue weighted by Crippen LogP contribution is 2.22. The number of benzene rings is 2. The Kier molecular flexibility index (Phi) is 4.38. The predicted octanol–water partition coefficient (Wildman–Crippen LogP) is 4.48. The molecule has 18 heavy (non-hydrogen) atoms. The van der Waals surface area contributed by atoms with Crippen molar-refractivity contribution in [2.45, 2.75) is 12.5 Å². The summed E-state index contributed by atoms with van der Waals surface area (Å²) in [6.07, 6.45) is 0.651. The van der Waals surface area contributed by atoms with Crippen molar-refractivity contribution in [1.82, 2.24) is 0 Å². The van der Waals surface area contributed by atoms with Gasteiger partial charge in [0.1, 0.15) is 5.82 Å². The third kappa shape index (κ3) is 3.31. The van der Waals surface area contributed by atoms with Gasteiger partial charge in [-0.2, -0.15) is 0 Å². The first-order chi connectivity index (χ1) is 8.56. The summed E-state index contributed by atoms with van der Waals surface area (Å²) < 4.78 is 13.9. The second-order valence-corrected chi connectivity index (χ2v) is 5.40. The molecule has 0 spiro atoms. The van der Waals surface area contributed by atoms with E-state index < -0.39 is 0 Å². The quantitative estimate of drug-likeness (QED) is 0.883. The summed E-state index contributed by atoms with van der Waals surface area (Å²) in [5, 5.41) is 0.696. The number of hydrogen-bond acceptors (Lipinski definition) is 1. The van der Waals surface area contributed by atoms with Crippen molar-refractivity contribution >= 4 is 27.5 Å². The first kappa shape index (κ1) is 13.5. The molecule has 1 atom stereocenters. The van der Waals surface area contributed by atoms with E-state index in [2.05, 4.69) is 15.9 Å². The molecule has 0 amide bonds. The van der Waals surface area contributed by atoms with Crippen LogP contribution in [-0.4, -0.2) is 0 Å². The maximum atomic E-state index is 13.4. The van der Waals surface area contributed by atoms with E-state index in [1.54, 1.807) is 6.07 Å². The molecule has 94 valence electrons. The molecule has 0 radical (unpaired) electrons. The molecule has 2 N–H and O–H groups in total. The van der Waals surface area contributed by atoms with E-state index >= 15 is 0 Å². The van der Waals surface area contributed by atoms with Crippen LogP contribution < -0.4 is 5.73 Å². The van der Waals surface area contributed by atoms with E-state index in [9.17, 15) is 4.39 Å². The molecule has 2 aromatic carbocycles. The van der Waals surface area contributed by atoms with Gasteiger partial charge in [0, 0.05) is 11.1 Å². The van der Waals surface area contributed by atoms with Crippen molar-refractivity contribution in [3.63, 3.8) is 0 Å². The van der Waals surface area contributed by atoms with E-state index in [0.29, 0.717) is 15.9 Å². The lowest BCUT2D eigenvalue weighted by Gasteiger charge is -2.12.